The van der Waals surface area contributed by atoms with Crippen molar-refractivity contribution in [1.29, 1.82) is 0 Å². The zero-order chi connectivity index (χ0) is 55.2. The molecule has 0 bridgehead atoms. The van der Waals surface area contributed by atoms with Crippen LogP contribution in [0.1, 0.15) is 56.1 Å². The number of aliphatic imine (C=N–C) groups is 1. The maximum atomic E-state index is 14.6. The highest BCUT2D eigenvalue weighted by Crippen LogP contribution is 2.26. The predicted octanol–water partition coefficient (Wildman–Crippen LogP) is -4.81. The second kappa shape index (κ2) is 29.9. The normalized spacial score (nSPS) is 22.6. The molecule has 0 aliphatic carbocycles. The molecule has 2 heterocycles. The third kappa shape index (κ3) is 20.3. The first-order chi connectivity index (χ1) is 35.6. The molecule has 2 aromatic rings. The molecule has 4 rings (SSSR count). The number of likely N-dealkylation sites (tertiary alicyclic amines) is 1. The number of guanidine groups is 1. The Hall–Kier alpha value is -7.66. The van der Waals surface area contributed by atoms with Crippen LogP contribution in [0.4, 0.5) is 0 Å². The summed E-state index contributed by atoms with van der Waals surface area (Å²) in [6.45, 7) is -0.706. The highest BCUT2D eigenvalue weighted by Gasteiger charge is 2.40. The number of phenols is 1. The zero-order valence-corrected chi connectivity index (χ0v) is 42.3. The van der Waals surface area contributed by atoms with Crippen LogP contribution in [0.25, 0.3) is 0 Å². The number of hydrogen-bond donors (Lipinski definition) is 14. The van der Waals surface area contributed by atoms with Crippen molar-refractivity contribution in [3.8, 4) is 5.75 Å². The number of primary amides is 2. The van der Waals surface area contributed by atoms with Gasteiger partial charge in [-0.1, -0.05) is 64.1 Å². The molecule has 75 heavy (non-hydrogen) atoms. The number of carbonyl (C=O) groups is 11. The van der Waals surface area contributed by atoms with Crippen LogP contribution in [0, 0.1) is 0 Å². The van der Waals surface area contributed by atoms with E-state index in [1.165, 1.54) is 24.3 Å². The molecule has 19 N–H and O–H groups in total. The summed E-state index contributed by atoms with van der Waals surface area (Å²) in [5.74, 6) is -11.2. The maximum Gasteiger partial charge on any atom is 0.322 e. The van der Waals surface area contributed by atoms with Crippen molar-refractivity contribution in [2.45, 2.75) is 106 Å². The van der Waals surface area contributed by atoms with Gasteiger partial charge < -0.3 is 81.0 Å². The van der Waals surface area contributed by atoms with Crippen LogP contribution >= 0.6 is 21.6 Å². The molecular weight excluding hydrogens is 1020 g/mol. The number of nitrogens with one attached hydrogen (secondary N) is 7. The first kappa shape index (κ1) is 59.9. The van der Waals surface area contributed by atoms with Gasteiger partial charge in [0.2, 0.25) is 59.1 Å². The average Bonchev–Trinajstić information content (AvgIpc) is 3.86. The minimum absolute atomic E-state index is 0.0145. The molecule has 2 aliphatic heterocycles. The maximum absolute atomic E-state index is 14.6. The summed E-state index contributed by atoms with van der Waals surface area (Å²) in [5.41, 5.74) is 29.2. The molecule has 10 amide bonds. The lowest BCUT2D eigenvalue weighted by Gasteiger charge is -2.31. The second-order valence-corrected chi connectivity index (χ2v) is 20.1. The number of nitrogens with zero attached hydrogens (tertiary/aromatic N) is 2. The molecule has 0 saturated carbocycles. The molecular formula is C46H64N14O13S2. The number of aliphatic carboxylic acids is 1. The van der Waals surface area contributed by atoms with Crippen LogP contribution in [0.2, 0.25) is 0 Å². The highest BCUT2D eigenvalue weighted by atomic mass is 33.1. The van der Waals surface area contributed by atoms with Gasteiger partial charge in [0.05, 0.1) is 12.5 Å². The molecule has 2 fully saturated rings. The van der Waals surface area contributed by atoms with Crippen molar-refractivity contribution >= 4 is 92.6 Å². The summed E-state index contributed by atoms with van der Waals surface area (Å²) in [5, 5.41) is 36.6. The van der Waals surface area contributed by atoms with Crippen LogP contribution in [0.3, 0.4) is 0 Å². The minimum atomic E-state index is -1.80. The highest BCUT2D eigenvalue weighted by molar-refractivity contribution is 8.76. The van der Waals surface area contributed by atoms with Crippen molar-refractivity contribution in [1.82, 2.24) is 42.1 Å². The number of phenolic OH excluding ortho intramolecular Hbond substituents is 1. The van der Waals surface area contributed by atoms with E-state index in [9.17, 15) is 57.8 Å². The minimum Gasteiger partial charge on any atom is -0.508 e. The van der Waals surface area contributed by atoms with Gasteiger partial charge in [-0.05, 0) is 55.4 Å². The molecule has 2 aliphatic rings. The fourth-order valence-electron chi connectivity index (χ4n) is 7.79. The van der Waals surface area contributed by atoms with Crippen LogP contribution in [-0.4, -0.2) is 166 Å². The monoisotopic (exact) mass is 1080 g/mol. The molecule has 2 aromatic carbocycles. The topological polar surface area (TPSA) is 458 Å². The first-order valence-electron chi connectivity index (χ1n) is 23.7. The summed E-state index contributed by atoms with van der Waals surface area (Å²) >= 11 is 0. The Kier molecular flexibility index (Phi) is 23.9. The van der Waals surface area contributed by atoms with Crippen LogP contribution in [0.15, 0.2) is 59.6 Å². The van der Waals surface area contributed by atoms with E-state index in [1.54, 1.807) is 30.3 Å². The van der Waals surface area contributed by atoms with Crippen molar-refractivity contribution in [3.05, 3.63) is 65.7 Å². The van der Waals surface area contributed by atoms with Gasteiger partial charge in [0.15, 0.2) is 5.96 Å². The van der Waals surface area contributed by atoms with E-state index in [1.807, 2.05) is 0 Å². The summed E-state index contributed by atoms with van der Waals surface area (Å²) in [4.78, 5) is 153. The zero-order valence-electron chi connectivity index (χ0n) is 40.7. The van der Waals surface area contributed by atoms with E-state index < -0.39 is 139 Å². The summed E-state index contributed by atoms with van der Waals surface area (Å²) < 4.78 is 0. The van der Waals surface area contributed by atoms with Crippen molar-refractivity contribution < 1.29 is 63.0 Å². The Labute approximate surface area is 438 Å². The molecule has 2 saturated heterocycles. The SMILES string of the molecule is NC(=O)CC[C@@H]1NC(=O)[C@H](Cc2ccccc2)NC(=O)[C@H](Cc2ccc(O)cc2)NC(=O)[C@@H](N)CSSC[C@@H](C(=O)N2CCC[C@H]2C(=O)N[C@@H](CCCN=C(N)N)C(=O)NCC(=O)O)NC(=O)[C@H](CC(N)=O)NC1=O. The summed E-state index contributed by atoms with van der Waals surface area (Å²) in [6.07, 6.45) is -1.52. The molecule has 0 radical (unpaired) electrons. The number of benzene rings is 2. The lowest BCUT2D eigenvalue weighted by atomic mass is 10.0. The Morgan fingerprint density at radius 1 is 0.733 bits per heavy atom. The van der Waals surface area contributed by atoms with Crippen LogP contribution in [-0.2, 0) is 65.6 Å². The summed E-state index contributed by atoms with van der Waals surface area (Å²) in [7, 11) is 1.98. The number of hydrogen-bond acceptors (Lipinski definition) is 16. The molecule has 0 spiro atoms. The van der Waals surface area contributed by atoms with Gasteiger partial charge in [0, 0.05) is 43.9 Å². The number of carboxylic acid groups (broad SMARTS) is 1. The Morgan fingerprint density at radius 3 is 1.92 bits per heavy atom. The van der Waals surface area contributed by atoms with Crippen molar-refractivity contribution in [2.24, 2.45) is 33.7 Å². The van der Waals surface area contributed by atoms with Crippen LogP contribution < -0.4 is 65.9 Å². The molecule has 0 unspecified atom stereocenters. The third-order valence-electron chi connectivity index (χ3n) is 11.6. The lowest BCUT2D eigenvalue weighted by molar-refractivity contribution is -0.142. The number of carboxylic acids is 1. The third-order valence-corrected chi connectivity index (χ3v) is 14.1. The fraction of sp³-hybridized carbons (Fsp3) is 0.478. The van der Waals surface area contributed by atoms with Crippen LogP contribution in [0.5, 0.6) is 5.75 Å². The number of nitrogens with two attached hydrogens (primary N) is 5. The average molecular weight is 1090 g/mol. The van der Waals surface area contributed by atoms with Gasteiger partial charge in [-0.15, -0.1) is 0 Å². The number of carbonyl (C=O) groups excluding carboxylic acids is 10. The molecule has 408 valence electrons. The first-order valence-corrected chi connectivity index (χ1v) is 26.2. The largest absolute Gasteiger partial charge is 0.508 e. The Morgan fingerprint density at radius 2 is 1.31 bits per heavy atom. The molecule has 8 atom stereocenters. The number of rotatable bonds is 19. The fourth-order valence-corrected chi connectivity index (χ4v) is 10.1. The smallest absolute Gasteiger partial charge is 0.322 e. The van der Waals surface area contributed by atoms with Gasteiger partial charge in [0.1, 0.15) is 54.6 Å². The molecule has 29 heteroatoms. The van der Waals surface area contributed by atoms with E-state index >= 15 is 0 Å². The van der Waals surface area contributed by atoms with Crippen molar-refractivity contribution in [3.63, 3.8) is 0 Å². The van der Waals surface area contributed by atoms with Gasteiger partial charge in [-0.2, -0.15) is 0 Å². The Balaban J connectivity index is 1.71. The van der Waals surface area contributed by atoms with E-state index in [2.05, 4.69) is 42.2 Å². The van der Waals surface area contributed by atoms with E-state index in [-0.39, 0.29) is 74.8 Å². The van der Waals surface area contributed by atoms with Gasteiger partial charge in [-0.3, -0.25) is 57.7 Å². The molecule has 0 aromatic heterocycles. The Bertz CT molecular complexity index is 2420. The molecule has 27 nitrogen and oxygen atoms in total. The standard InChI is InChI=1S/C46H64N14O13S2/c47-27-22-74-75-23-33(45(73)60-17-5-9-34(60)44(72)55-28(8-4-16-52-46(50)51)39(67)53-21-37(64)65)59-43(71)32(20-36(49)63)58-40(68)29(14-15-35(48)62)54-41(69)31(18-24-6-2-1-3-7-24)57-42(70)30(56-38(27)66)19-25-10-12-26(61)13-11-25/h1-3,6-7,10-13,27-34,61H,4-5,8-9,14-23,47H2,(H2,48,62)(H2,49,63)(H,53,67)(H,54,69)(H,55,72)(H,56,66)(H,57,70)(H,58,68)(H,59,71)(H,64,65)(H4,50,51,52)/t27-,28-,29-,30-,31-,32-,33-,34-/m0/s1. The summed E-state index contributed by atoms with van der Waals surface area (Å²) in [6, 6.07) is 2.64. The lowest BCUT2D eigenvalue weighted by Crippen LogP contribution is -2.61. The second-order valence-electron chi connectivity index (χ2n) is 17.5. The van der Waals surface area contributed by atoms with Gasteiger partial charge in [-0.25, -0.2) is 0 Å². The quantitative estimate of drug-likeness (QED) is 0.0272. The van der Waals surface area contributed by atoms with E-state index in [0.717, 1.165) is 26.5 Å². The van der Waals surface area contributed by atoms with Gasteiger partial charge >= 0.3 is 5.97 Å². The van der Waals surface area contributed by atoms with E-state index in [0.29, 0.717) is 11.1 Å². The van der Waals surface area contributed by atoms with Gasteiger partial charge in [0.25, 0.3) is 0 Å². The van der Waals surface area contributed by atoms with Crippen molar-refractivity contribution in [2.75, 3.05) is 31.1 Å². The van der Waals surface area contributed by atoms with E-state index in [4.69, 9.17) is 33.8 Å². The predicted molar refractivity (Wildman–Crippen MR) is 274 cm³/mol. The number of aromatic hydroxyl groups is 1. The number of amides is 10.